The van der Waals surface area contributed by atoms with E-state index in [9.17, 15) is 9.18 Å². The number of anilines is 1. The molecule has 1 amide bonds. The molecule has 1 saturated heterocycles. The molecule has 116 valence electrons. The minimum atomic E-state index is -0.530. The van der Waals surface area contributed by atoms with Gasteiger partial charge in [0.1, 0.15) is 11.9 Å². The Morgan fingerprint density at radius 2 is 1.96 bits per heavy atom. The van der Waals surface area contributed by atoms with Crippen LogP contribution >= 0.6 is 11.6 Å². The Hall–Kier alpha value is -2.58. The van der Waals surface area contributed by atoms with Crippen LogP contribution in [-0.4, -0.2) is 12.1 Å². The van der Waals surface area contributed by atoms with E-state index >= 15 is 0 Å². The normalized spacial score (nSPS) is 20.3. The van der Waals surface area contributed by atoms with Crippen LogP contribution in [0.3, 0.4) is 0 Å². The van der Waals surface area contributed by atoms with Crippen LogP contribution in [0.25, 0.3) is 0 Å². The second-order valence-electron chi connectivity index (χ2n) is 5.28. The molecule has 2 aromatic carbocycles. The minimum Gasteiger partial charge on any atom is -0.439 e. The molecule has 1 fully saturated rings. The zero-order valence-corrected chi connectivity index (χ0v) is 12.9. The summed E-state index contributed by atoms with van der Waals surface area (Å²) in [6.07, 6.45) is -1.05. The molecule has 0 radical (unpaired) electrons. The molecular weight excluding hydrogens is 319 g/mol. The van der Waals surface area contributed by atoms with Crippen molar-refractivity contribution < 1.29 is 13.9 Å². The fraction of sp³-hybridized carbons (Fsp3) is 0.176. The summed E-state index contributed by atoms with van der Waals surface area (Å²) < 4.78 is 18.5. The third-order valence-corrected chi connectivity index (χ3v) is 3.98. The number of hydrogen-bond acceptors (Lipinski definition) is 3. The number of carbonyl (C=O) groups excluding carboxylic acids is 1. The van der Waals surface area contributed by atoms with E-state index in [1.165, 1.54) is 23.1 Å². The van der Waals surface area contributed by atoms with Gasteiger partial charge in [0.2, 0.25) is 0 Å². The first kappa shape index (κ1) is 15.3. The summed E-state index contributed by atoms with van der Waals surface area (Å²) in [5.74, 6) is -0.351. The third-order valence-electron chi connectivity index (χ3n) is 3.76. The average Bonchev–Trinajstić information content (AvgIpc) is 2.82. The second-order valence-corrected chi connectivity index (χ2v) is 5.71. The maximum Gasteiger partial charge on any atom is 0.415 e. The number of carbonyl (C=O) groups is 1. The fourth-order valence-electron chi connectivity index (χ4n) is 2.68. The summed E-state index contributed by atoms with van der Waals surface area (Å²) in [5, 5.41) is 9.40. The van der Waals surface area contributed by atoms with Crippen molar-refractivity contribution in [2.45, 2.75) is 19.1 Å². The fourth-order valence-corrected chi connectivity index (χ4v) is 2.91. The second kappa shape index (κ2) is 5.90. The molecule has 0 aromatic heterocycles. The van der Waals surface area contributed by atoms with Gasteiger partial charge in [-0.1, -0.05) is 23.7 Å². The lowest BCUT2D eigenvalue weighted by atomic mass is 10.0. The Labute approximate surface area is 137 Å². The predicted octanol–water partition coefficient (Wildman–Crippen LogP) is 4.44. The zero-order chi connectivity index (χ0) is 16.6. The summed E-state index contributed by atoms with van der Waals surface area (Å²) in [4.78, 5) is 13.7. The van der Waals surface area contributed by atoms with E-state index < -0.39 is 12.2 Å². The smallest absolute Gasteiger partial charge is 0.415 e. The van der Waals surface area contributed by atoms with E-state index in [0.717, 1.165) is 0 Å². The highest BCUT2D eigenvalue weighted by Crippen LogP contribution is 2.37. The lowest BCUT2D eigenvalue weighted by Crippen LogP contribution is -2.31. The predicted molar refractivity (Wildman–Crippen MR) is 83.7 cm³/mol. The first-order valence-corrected chi connectivity index (χ1v) is 7.33. The van der Waals surface area contributed by atoms with Gasteiger partial charge in [-0.2, -0.15) is 5.26 Å². The lowest BCUT2D eigenvalue weighted by Gasteiger charge is -2.21. The highest BCUT2D eigenvalue weighted by Gasteiger charge is 2.40. The van der Waals surface area contributed by atoms with Crippen LogP contribution in [0.5, 0.6) is 0 Å². The van der Waals surface area contributed by atoms with Gasteiger partial charge in [0.25, 0.3) is 0 Å². The van der Waals surface area contributed by atoms with Crippen molar-refractivity contribution in [1.82, 2.24) is 0 Å². The summed E-state index contributed by atoms with van der Waals surface area (Å²) in [6.45, 7) is 1.83. The van der Waals surface area contributed by atoms with Gasteiger partial charge in [0.05, 0.1) is 23.4 Å². The van der Waals surface area contributed by atoms with Gasteiger partial charge in [0.15, 0.2) is 0 Å². The summed E-state index contributed by atoms with van der Waals surface area (Å²) >= 11 is 6.00. The largest absolute Gasteiger partial charge is 0.439 e. The molecule has 2 aromatic rings. The minimum absolute atomic E-state index is 0.321. The molecule has 0 unspecified atom stereocenters. The van der Waals surface area contributed by atoms with Gasteiger partial charge < -0.3 is 4.74 Å². The number of amides is 1. The Balaban J connectivity index is 1.96. The number of nitrogens with zero attached hydrogens (tertiary/aromatic N) is 2. The van der Waals surface area contributed by atoms with Crippen LogP contribution in [0.4, 0.5) is 14.9 Å². The molecule has 1 heterocycles. The Bertz CT molecular complexity index is 801. The molecular formula is C17H12ClFN2O2. The topological polar surface area (TPSA) is 53.3 Å². The zero-order valence-electron chi connectivity index (χ0n) is 12.2. The van der Waals surface area contributed by atoms with Crippen LogP contribution in [-0.2, 0) is 4.74 Å². The molecule has 0 saturated carbocycles. The maximum absolute atomic E-state index is 13.1. The Morgan fingerprint density at radius 3 is 2.61 bits per heavy atom. The van der Waals surface area contributed by atoms with Crippen molar-refractivity contribution in [2.75, 3.05) is 4.90 Å². The summed E-state index contributed by atoms with van der Waals surface area (Å²) in [7, 11) is 0. The number of hydrogen-bond donors (Lipinski definition) is 0. The van der Waals surface area contributed by atoms with Crippen molar-refractivity contribution in [2.24, 2.45) is 0 Å². The molecule has 1 aliphatic heterocycles. The number of rotatable bonds is 2. The van der Waals surface area contributed by atoms with Crippen LogP contribution in [0.15, 0.2) is 42.5 Å². The van der Waals surface area contributed by atoms with Crippen LogP contribution < -0.4 is 4.90 Å². The first-order valence-electron chi connectivity index (χ1n) is 6.95. The number of nitriles is 1. The molecule has 0 spiro atoms. The van der Waals surface area contributed by atoms with Crippen molar-refractivity contribution in [1.29, 1.82) is 5.26 Å². The van der Waals surface area contributed by atoms with Gasteiger partial charge in [-0.3, -0.25) is 4.90 Å². The van der Waals surface area contributed by atoms with E-state index in [1.54, 1.807) is 24.3 Å². The molecule has 2 atom stereocenters. The Morgan fingerprint density at radius 1 is 1.26 bits per heavy atom. The number of benzene rings is 2. The number of ether oxygens (including phenoxy) is 1. The molecule has 0 N–H and O–H groups in total. The number of halogens is 2. The quantitative estimate of drug-likeness (QED) is 0.818. The molecule has 3 rings (SSSR count). The molecule has 23 heavy (non-hydrogen) atoms. The van der Waals surface area contributed by atoms with E-state index in [2.05, 4.69) is 0 Å². The molecule has 0 bridgehead atoms. The molecule has 4 nitrogen and oxygen atoms in total. The van der Waals surface area contributed by atoms with Crippen molar-refractivity contribution in [3.05, 3.63) is 64.4 Å². The SMILES string of the molecule is C[C@H]1[C@H](c2ccc(F)cc2)OC(=O)N1c1cc(Cl)cc(C#N)c1. The van der Waals surface area contributed by atoms with Crippen molar-refractivity contribution in [3.8, 4) is 6.07 Å². The van der Waals surface area contributed by atoms with Crippen LogP contribution in [0.1, 0.15) is 24.2 Å². The maximum atomic E-state index is 13.1. The first-order chi connectivity index (χ1) is 11.0. The van der Waals surface area contributed by atoms with Gasteiger partial charge >= 0.3 is 6.09 Å². The van der Waals surface area contributed by atoms with Crippen LogP contribution in [0.2, 0.25) is 5.02 Å². The van der Waals surface area contributed by atoms with Gasteiger partial charge in [-0.15, -0.1) is 0 Å². The highest BCUT2D eigenvalue weighted by atomic mass is 35.5. The van der Waals surface area contributed by atoms with Gasteiger partial charge in [-0.05, 0) is 42.8 Å². The van der Waals surface area contributed by atoms with E-state index in [-0.39, 0.29) is 11.9 Å². The van der Waals surface area contributed by atoms with Crippen molar-refractivity contribution in [3.63, 3.8) is 0 Å². The van der Waals surface area contributed by atoms with Gasteiger partial charge in [0, 0.05) is 5.02 Å². The van der Waals surface area contributed by atoms with Crippen LogP contribution in [0, 0.1) is 17.1 Å². The van der Waals surface area contributed by atoms with Gasteiger partial charge in [-0.25, -0.2) is 9.18 Å². The molecule has 6 heteroatoms. The standard InChI is InChI=1S/C17H12ClFN2O2/c1-10-16(12-2-4-14(19)5-3-12)23-17(22)21(10)15-7-11(9-20)6-13(18)8-15/h2-8,10,16H,1H3/t10-,16+/m0/s1. The van der Waals surface area contributed by atoms with E-state index in [0.29, 0.717) is 21.8 Å². The average molecular weight is 331 g/mol. The van der Waals surface area contributed by atoms with Crippen molar-refractivity contribution >= 4 is 23.4 Å². The third kappa shape index (κ3) is 2.86. The Kier molecular flexibility index (Phi) is 3.93. The molecule has 1 aliphatic rings. The number of cyclic esters (lactones) is 1. The summed E-state index contributed by atoms with van der Waals surface area (Å²) in [5.41, 5.74) is 1.56. The highest BCUT2D eigenvalue weighted by molar-refractivity contribution is 6.31. The van der Waals surface area contributed by atoms with E-state index in [4.69, 9.17) is 21.6 Å². The lowest BCUT2D eigenvalue weighted by molar-refractivity contribution is 0.134. The molecule has 0 aliphatic carbocycles. The van der Waals surface area contributed by atoms with E-state index in [1.807, 2.05) is 13.0 Å². The monoisotopic (exact) mass is 330 g/mol. The summed E-state index contributed by atoms with van der Waals surface area (Å²) in [6, 6.07) is 12.2.